The molecule has 1 aromatic heterocycles. The van der Waals surface area contributed by atoms with Gasteiger partial charge in [0.15, 0.2) is 23.1 Å². The van der Waals surface area contributed by atoms with E-state index in [2.05, 4.69) is 4.98 Å². The highest BCUT2D eigenvalue weighted by Gasteiger charge is 2.12. The molecule has 4 nitrogen and oxygen atoms in total. The maximum absolute atomic E-state index is 13.8. The van der Waals surface area contributed by atoms with Crippen molar-refractivity contribution in [3.05, 3.63) is 41.8 Å². The van der Waals surface area contributed by atoms with Crippen LogP contribution in [0.15, 0.2) is 30.5 Å². The molecule has 0 aliphatic carbocycles. The van der Waals surface area contributed by atoms with Gasteiger partial charge in [0.05, 0.1) is 7.11 Å². The number of hydrogen-bond acceptors (Lipinski definition) is 4. The first kappa shape index (κ1) is 13.1. The summed E-state index contributed by atoms with van der Waals surface area (Å²) < 4.78 is 24.5. The molecule has 0 aliphatic heterocycles. The third kappa shape index (κ3) is 2.76. The smallest absolute Gasteiger partial charge is 0.172 e. The lowest BCUT2D eigenvalue weighted by molar-refractivity contribution is 0.375. The summed E-state index contributed by atoms with van der Waals surface area (Å²) in [5.74, 6) is 1.01. The second-order valence-electron chi connectivity index (χ2n) is 3.94. The molecule has 100 valence electrons. The third-order valence-corrected chi connectivity index (χ3v) is 2.73. The van der Waals surface area contributed by atoms with Crippen LogP contribution in [0.25, 0.3) is 0 Å². The van der Waals surface area contributed by atoms with Gasteiger partial charge in [-0.2, -0.15) is 0 Å². The number of ether oxygens (including phenoxy) is 2. The highest BCUT2D eigenvalue weighted by molar-refractivity contribution is 5.51. The molecule has 0 atom stereocenters. The standard InChI is InChI=1S/C14H15FN2O2/c1-3-9-7-12(18-2)13(8-10(9)15)19-11-5-4-6-17-14(11)16/h4-8H,3H2,1-2H3,(H2,16,17). The van der Waals surface area contributed by atoms with E-state index in [0.717, 1.165) is 0 Å². The highest BCUT2D eigenvalue weighted by Crippen LogP contribution is 2.35. The Morgan fingerprint density at radius 1 is 1.26 bits per heavy atom. The van der Waals surface area contributed by atoms with Crippen molar-refractivity contribution in [1.82, 2.24) is 4.98 Å². The lowest BCUT2D eigenvalue weighted by Gasteiger charge is -2.13. The van der Waals surface area contributed by atoms with E-state index in [1.165, 1.54) is 13.2 Å². The van der Waals surface area contributed by atoms with E-state index in [0.29, 0.717) is 23.5 Å². The largest absolute Gasteiger partial charge is 0.493 e. The number of benzene rings is 1. The molecule has 0 aliphatic rings. The molecule has 0 unspecified atom stereocenters. The zero-order chi connectivity index (χ0) is 13.8. The fourth-order valence-corrected chi connectivity index (χ4v) is 1.69. The zero-order valence-electron chi connectivity index (χ0n) is 10.8. The van der Waals surface area contributed by atoms with E-state index in [1.54, 1.807) is 24.4 Å². The molecule has 0 amide bonds. The molecule has 19 heavy (non-hydrogen) atoms. The van der Waals surface area contributed by atoms with Crippen LogP contribution in [0.1, 0.15) is 12.5 Å². The van der Waals surface area contributed by atoms with Crippen LogP contribution in [-0.2, 0) is 6.42 Å². The summed E-state index contributed by atoms with van der Waals surface area (Å²) in [5.41, 5.74) is 6.26. The van der Waals surface area contributed by atoms with Gasteiger partial charge in [-0.1, -0.05) is 6.92 Å². The number of halogens is 1. The SMILES string of the molecule is CCc1cc(OC)c(Oc2cccnc2N)cc1F. The van der Waals surface area contributed by atoms with Gasteiger partial charge in [-0.25, -0.2) is 9.37 Å². The number of rotatable bonds is 4. The fraction of sp³-hybridized carbons (Fsp3) is 0.214. The van der Waals surface area contributed by atoms with Crippen molar-refractivity contribution in [3.8, 4) is 17.2 Å². The summed E-state index contributed by atoms with van der Waals surface area (Å²) in [6.45, 7) is 1.87. The summed E-state index contributed by atoms with van der Waals surface area (Å²) in [6.07, 6.45) is 2.14. The minimum Gasteiger partial charge on any atom is -0.493 e. The molecule has 1 aromatic carbocycles. The molecule has 0 radical (unpaired) electrons. The number of hydrogen-bond donors (Lipinski definition) is 1. The molecular weight excluding hydrogens is 247 g/mol. The van der Waals surface area contributed by atoms with Crippen LogP contribution in [0.2, 0.25) is 0 Å². The van der Waals surface area contributed by atoms with Gasteiger partial charge in [0.2, 0.25) is 0 Å². The average molecular weight is 262 g/mol. The minimum absolute atomic E-state index is 0.240. The summed E-state index contributed by atoms with van der Waals surface area (Å²) in [7, 11) is 1.51. The number of nitrogens with zero attached hydrogens (tertiary/aromatic N) is 1. The number of anilines is 1. The Kier molecular flexibility index (Phi) is 3.85. The van der Waals surface area contributed by atoms with Crippen molar-refractivity contribution in [3.63, 3.8) is 0 Å². The molecule has 2 N–H and O–H groups in total. The summed E-state index contributed by atoms with van der Waals surface area (Å²) in [6, 6.07) is 6.27. The van der Waals surface area contributed by atoms with E-state index in [4.69, 9.17) is 15.2 Å². The van der Waals surface area contributed by atoms with Gasteiger partial charge in [-0.15, -0.1) is 0 Å². The van der Waals surface area contributed by atoms with Crippen molar-refractivity contribution in [2.24, 2.45) is 0 Å². The normalized spacial score (nSPS) is 10.3. The van der Waals surface area contributed by atoms with Crippen LogP contribution >= 0.6 is 0 Å². The number of methoxy groups -OCH3 is 1. The molecule has 5 heteroatoms. The first-order valence-corrected chi connectivity index (χ1v) is 5.90. The van der Waals surface area contributed by atoms with Crippen LogP contribution < -0.4 is 15.2 Å². The van der Waals surface area contributed by atoms with Crippen molar-refractivity contribution >= 4 is 5.82 Å². The second-order valence-corrected chi connectivity index (χ2v) is 3.94. The molecule has 1 heterocycles. The van der Waals surface area contributed by atoms with E-state index in [9.17, 15) is 4.39 Å². The van der Waals surface area contributed by atoms with Gasteiger partial charge in [0.25, 0.3) is 0 Å². The van der Waals surface area contributed by atoms with Crippen molar-refractivity contribution in [1.29, 1.82) is 0 Å². The number of nitrogens with two attached hydrogens (primary N) is 1. The molecule has 0 bridgehead atoms. The molecule has 2 rings (SSSR count). The Morgan fingerprint density at radius 3 is 2.68 bits per heavy atom. The van der Waals surface area contributed by atoms with Crippen LogP contribution in [-0.4, -0.2) is 12.1 Å². The predicted molar refractivity (Wildman–Crippen MR) is 71.1 cm³/mol. The Labute approximate surface area is 111 Å². The average Bonchev–Trinajstić information content (AvgIpc) is 2.42. The molecule has 0 fully saturated rings. The second kappa shape index (κ2) is 5.56. The Bertz CT molecular complexity index is 588. The first-order valence-electron chi connectivity index (χ1n) is 5.90. The number of pyridine rings is 1. The van der Waals surface area contributed by atoms with Crippen LogP contribution in [0, 0.1) is 5.82 Å². The monoisotopic (exact) mass is 262 g/mol. The van der Waals surface area contributed by atoms with E-state index in [-0.39, 0.29) is 17.4 Å². The fourth-order valence-electron chi connectivity index (χ4n) is 1.69. The molecule has 0 saturated heterocycles. The maximum atomic E-state index is 13.8. The van der Waals surface area contributed by atoms with Crippen LogP contribution in [0.4, 0.5) is 10.2 Å². The molecule has 0 spiro atoms. The van der Waals surface area contributed by atoms with Gasteiger partial charge in [-0.3, -0.25) is 0 Å². The quantitative estimate of drug-likeness (QED) is 0.919. The topological polar surface area (TPSA) is 57.4 Å². The van der Waals surface area contributed by atoms with Crippen LogP contribution in [0.3, 0.4) is 0 Å². The Morgan fingerprint density at radius 2 is 2.05 bits per heavy atom. The lowest BCUT2D eigenvalue weighted by atomic mass is 10.1. The molecular formula is C14H15FN2O2. The van der Waals surface area contributed by atoms with E-state index >= 15 is 0 Å². The van der Waals surface area contributed by atoms with Crippen molar-refractivity contribution < 1.29 is 13.9 Å². The zero-order valence-corrected chi connectivity index (χ0v) is 10.8. The summed E-state index contributed by atoms with van der Waals surface area (Å²) in [5, 5.41) is 0. The van der Waals surface area contributed by atoms with E-state index in [1.807, 2.05) is 6.92 Å². The van der Waals surface area contributed by atoms with Crippen molar-refractivity contribution in [2.45, 2.75) is 13.3 Å². The lowest BCUT2D eigenvalue weighted by Crippen LogP contribution is -1.98. The van der Waals surface area contributed by atoms with Crippen LogP contribution in [0.5, 0.6) is 17.2 Å². The van der Waals surface area contributed by atoms with Gasteiger partial charge in [0, 0.05) is 12.3 Å². The minimum atomic E-state index is -0.333. The summed E-state index contributed by atoms with van der Waals surface area (Å²) in [4.78, 5) is 3.91. The highest BCUT2D eigenvalue weighted by atomic mass is 19.1. The molecule has 2 aromatic rings. The van der Waals surface area contributed by atoms with Gasteiger partial charge in [0.1, 0.15) is 5.82 Å². The number of nitrogen functional groups attached to an aromatic ring is 1. The predicted octanol–water partition coefficient (Wildman–Crippen LogP) is 3.17. The van der Waals surface area contributed by atoms with E-state index < -0.39 is 0 Å². The first-order chi connectivity index (χ1) is 9.15. The van der Waals surface area contributed by atoms with Crippen molar-refractivity contribution in [2.75, 3.05) is 12.8 Å². The number of aromatic nitrogens is 1. The van der Waals surface area contributed by atoms with Gasteiger partial charge < -0.3 is 15.2 Å². The number of aryl methyl sites for hydroxylation is 1. The van der Waals surface area contributed by atoms with Gasteiger partial charge in [-0.05, 0) is 30.2 Å². The summed E-state index contributed by atoms with van der Waals surface area (Å²) >= 11 is 0. The third-order valence-electron chi connectivity index (χ3n) is 2.73. The molecule has 0 saturated carbocycles. The Balaban J connectivity index is 2.40. The maximum Gasteiger partial charge on any atom is 0.172 e. The van der Waals surface area contributed by atoms with Gasteiger partial charge >= 0.3 is 0 Å². The Hall–Kier alpha value is -2.30.